The van der Waals surface area contributed by atoms with Gasteiger partial charge in [0.15, 0.2) is 0 Å². The van der Waals surface area contributed by atoms with E-state index in [9.17, 15) is 0 Å². The Balaban J connectivity index is 2.14. The summed E-state index contributed by atoms with van der Waals surface area (Å²) < 4.78 is 1.77. The van der Waals surface area contributed by atoms with Crippen molar-refractivity contribution in [2.24, 2.45) is 0 Å². The lowest BCUT2D eigenvalue weighted by Crippen LogP contribution is -1.99. The van der Waals surface area contributed by atoms with Crippen LogP contribution in [0.1, 0.15) is 5.56 Å². The van der Waals surface area contributed by atoms with Crippen LogP contribution in [0.25, 0.3) is 16.7 Å². The monoisotopic (exact) mass is 221 g/mol. The van der Waals surface area contributed by atoms with E-state index >= 15 is 0 Å². The summed E-state index contributed by atoms with van der Waals surface area (Å²) in [6.07, 6.45) is 0. The van der Waals surface area contributed by atoms with Crippen LogP contribution in [0, 0.1) is 0 Å². The summed E-state index contributed by atoms with van der Waals surface area (Å²) in [4.78, 5) is 0. The lowest BCUT2D eigenvalue weighted by Gasteiger charge is -2.05. The fourth-order valence-corrected chi connectivity index (χ4v) is 1.82. The van der Waals surface area contributed by atoms with Crippen LogP contribution < -0.4 is 0 Å². The molecule has 17 heavy (non-hydrogen) atoms. The topological polar surface area (TPSA) is 30.7 Å². The Hall–Kier alpha value is -2.42. The molecule has 82 valence electrons. The normalized spacial score (nSPS) is 10.6. The van der Waals surface area contributed by atoms with Gasteiger partial charge in [-0.05, 0) is 17.7 Å². The van der Waals surface area contributed by atoms with Crippen molar-refractivity contribution < 1.29 is 0 Å². The van der Waals surface area contributed by atoms with Crippen LogP contribution in [-0.2, 0) is 0 Å². The molecule has 3 rings (SSSR count). The van der Waals surface area contributed by atoms with E-state index in [1.165, 1.54) is 0 Å². The van der Waals surface area contributed by atoms with Crippen LogP contribution in [0.3, 0.4) is 0 Å². The first-order valence-electron chi connectivity index (χ1n) is 5.41. The minimum atomic E-state index is 0.833. The molecule has 0 aliphatic rings. The van der Waals surface area contributed by atoms with Gasteiger partial charge < -0.3 is 0 Å². The lowest BCUT2D eigenvalue weighted by molar-refractivity contribution is 0.842. The SMILES string of the molecule is C=C(c1ccccc1)n1nnc2ccccc21. The highest BCUT2D eigenvalue weighted by atomic mass is 15.4. The van der Waals surface area contributed by atoms with Crippen molar-refractivity contribution in [1.82, 2.24) is 15.0 Å². The Morgan fingerprint density at radius 2 is 1.65 bits per heavy atom. The molecule has 0 aliphatic carbocycles. The smallest absolute Gasteiger partial charge is 0.113 e. The van der Waals surface area contributed by atoms with Crippen molar-refractivity contribution in [3.63, 3.8) is 0 Å². The van der Waals surface area contributed by atoms with Crippen LogP contribution in [0.15, 0.2) is 61.2 Å². The lowest BCUT2D eigenvalue weighted by atomic mass is 10.2. The quantitative estimate of drug-likeness (QED) is 0.666. The van der Waals surface area contributed by atoms with Crippen molar-refractivity contribution >= 4 is 16.7 Å². The van der Waals surface area contributed by atoms with Gasteiger partial charge in [-0.1, -0.05) is 54.3 Å². The number of hydrogen-bond acceptors (Lipinski definition) is 2. The summed E-state index contributed by atoms with van der Waals surface area (Å²) in [5.41, 5.74) is 3.73. The van der Waals surface area contributed by atoms with Gasteiger partial charge in [-0.2, -0.15) is 0 Å². The van der Waals surface area contributed by atoms with E-state index in [2.05, 4.69) is 16.9 Å². The summed E-state index contributed by atoms with van der Waals surface area (Å²) in [5.74, 6) is 0. The number of nitrogens with zero attached hydrogens (tertiary/aromatic N) is 3. The molecule has 0 spiro atoms. The molecule has 0 aliphatic heterocycles. The molecule has 0 fully saturated rings. The largest absolute Gasteiger partial charge is 0.213 e. The molecule has 0 unspecified atom stereocenters. The number of para-hydroxylation sites is 1. The zero-order valence-corrected chi connectivity index (χ0v) is 9.24. The Bertz CT molecular complexity index is 668. The van der Waals surface area contributed by atoms with Crippen LogP contribution in [0.5, 0.6) is 0 Å². The molecule has 0 amide bonds. The maximum Gasteiger partial charge on any atom is 0.113 e. The predicted molar refractivity (Wildman–Crippen MR) is 68.4 cm³/mol. The first-order valence-corrected chi connectivity index (χ1v) is 5.41. The zero-order valence-electron chi connectivity index (χ0n) is 9.24. The first kappa shape index (κ1) is 9.78. The number of fused-ring (bicyclic) bond motifs is 1. The van der Waals surface area contributed by atoms with Crippen LogP contribution in [0.4, 0.5) is 0 Å². The Morgan fingerprint density at radius 3 is 2.47 bits per heavy atom. The molecule has 3 heteroatoms. The van der Waals surface area contributed by atoms with Crippen molar-refractivity contribution in [2.45, 2.75) is 0 Å². The maximum atomic E-state index is 4.14. The molecule has 1 aromatic heterocycles. The second-order valence-corrected chi connectivity index (χ2v) is 3.80. The first-order chi connectivity index (χ1) is 8.36. The summed E-state index contributed by atoms with van der Waals surface area (Å²) in [5, 5.41) is 8.26. The molecule has 0 bridgehead atoms. The summed E-state index contributed by atoms with van der Waals surface area (Å²) in [6, 6.07) is 17.8. The number of rotatable bonds is 2. The minimum absolute atomic E-state index is 0.833. The average Bonchev–Trinajstić information content (AvgIpc) is 2.83. The van der Waals surface area contributed by atoms with Crippen molar-refractivity contribution in [3.05, 3.63) is 66.7 Å². The van der Waals surface area contributed by atoms with Crippen molar-refractivity contribution in [1.29, 1.82) is 0 Å². The highest BCUT2D eigenvalue weighted by Crippen LogP contribution is 2.19. The van der Waals surface area contributed by atoms with Crippen molar-refractivity contribution in [2.75, 3.05) is 0 Å². The second-order valence-electron chi connectivity index (χ2n) is 3.80. The van der Waals surface area contributed by atoms with Gasteiger partial charge in [0.05, 0.1) is 11.2 Å². The highest BCUT2D eigenvalue weighted by molar-refractivity contribution is 5.80. The van der Waals surface area contributed by atoms with Crippen molar-refractivity contribution in [3.8, 4) is 0 Å². The van der Waals surface area contributed by atoms with Gasteiger partial charge in [0, 0.05) is 0 Å². The Labute approximate surface area is 99.0 Å². The third kappa shape index (κ3) is 1.61. The number of benzene rings is 2. The molecule has 0 saturated heterocycles. The van der Waals surface area contributed by atoms with Gasteiger partial charge in [0.2, 0.25) is 0 Å². The fourth-order valence-electron chi connectivity index (χ4n) is 1.82. The van der Waals surface area contributed by atoms with E-state index in [0.717, 1.165) is 22.3 Å². The van der Waals surface area contributed by atoms with Crippen LogP contribution >= 0.6 is 0 Å². The van der Waals surface area contributed by atoms with Gasteiger partial charge in [-0.15, -0.1) is 5.10 Å². The van der Waals surface area contributed by atoms with E-state index < -0.39 is 0 Å². The number of aromatic nitrogens is 3. The molecule has 0 atom stereocenters. The molecule has 0 N–H and O–H groups in total. The van der Waals surface area contributed by atoms with E-state index in [1.54, 1.807) is 4.68 Å². The van der Waals surface area contributed by atoms with E-state index in [-0.39, 0.29) is 0 Å². The summed E-state index contributed by atoms with van der Waals surface area (Å²) in [7, 11) is 0. The van der Waals surface area contributed by atoms with Crippen LogP contribution in [0.2, 0.25) is 0 Å². The van der Waals surface area contributed by atoms with Gasteiger partial charge in [0.1, 0.15) is 5.52 Å². The van der Waals surface area contributed by atoms with Gasteiger partial charge >= 0.3 is 0 Å². The molecule has 2 aromatic carbocycles. The molecule has 1 heterocycles. The Morgan fingerprint density at radius 1 is 0.941 bits per heavy atom. The standard InChI is InChI=1S/C14H11N3/c1-11(12-7-3-2-4-8-12)17-14-10-6-5-9-13(14)15-16-17/h2-10H,1H2. The molecule has 3 aromatic rings. The van der Waals surface area contributed by atoms with E-state index in [0.29, 0.717) is 0 Å². The fraction of sp³-hybridized carbons (Fsp3) is 0. The molecule has 0 radical (unpaired) electrons. The molecular formula is C14H11N3. The second kappa shape index (κ2) is 3.87. The van der Waals surface area contributed by atoms with E-state index in [4.69, 9.17) is 0 Å². The predicted octanol–water partition coefficient (Wildman–Crippen LogP) is 2.95. The Kier molecular flexibility index (Phi) is 2.22. The molecule has 3 nitrogen and oxygen atoms in total. The van der Waals surface area contributed by atoms with Gasteiger partial charge in [0.25, 0.3) is 0 Å². The van der Waals surface area contributed by atoms with Crippen LogP contribution in [-0.4, -0.2) is 15.0 Å². The summed E-state index contributed by atoms with van der Waals surface area (Å²) >= 11 is 0. The zero-order chi connectivity index (χ0) is 11.7. The van der Waals surface area contributed by atoms with Gasteiger partial charge in [-0.25, -0.2) is 4.68 Å². The third-order valence-electron chi connectivity index (χ3n) is 2.71. The molecule has 0 saturated carbocycles. The van der Waals surface area contributed by atoms with E-state index in [1.807, 2.05) is 54.6 Å². The maximum absolute atomic E-state index is 4.14. The highest BCUT2D eigenvalue weighted by Gasteiger charge is 2.07. The minimum Gasteiger partial charge on any atom is -0.213 e. The number of hydrogen-bond donors (Lipinski definition) is 0. The third-order valence-corrected chi connectivity index (χ3v) is 2.71. The molecular weight excluding hydrogens is 210 g/mol. The van der Waals surface area contributed by atoms with Gasteiger partial charge in [-0.3, -0.25) is 0 Å². The summed E-state index contributed by atoms with van der Waals surface area (Å²) in [6.45, 7) is 4.08. The average molecular weight is 221 g/mol.